The molecule has 0 fully saturated rings. The predicted octanol–water partition coefficient (Wildman–Crippen LogP) is -0.798. The van der Waals surface area contributed by atoms with E-state index >= 15 is 0 Å². The molecule has 3 amide bonds. The fourth-order valence-corrected chi connectivity index (χ4v) is 3.74. The number of para-hydroxylation sites is 1. The Balaban J connectivity index is 2.24. The maximum Gasteiger partial charge on any atom is 0.322 e. The first-order valence-corrected chi connectivity index (χ1v) is 11.9. The highest BCUT2D eigenvalue weighted by molar-refractivity contribution is 5.94. The molecule has 0 saturated carbocycles. The first-order valence-electron chi connectivity index (χ1n) is 11.9. The molecule has 0 aliphatic carbocycles. The van der Waals surface area contributed by atoms with Crippen molar-refractivity contribution in [3.63, 3.8) is 0 Å². The lowest BCUT2D eigenvalue weighted by atomic mass is 10.0. The summed E-state index contributed by atoms with van der Waals surface area (Å²) in [6.45, 7) is -0.235. The summed E-state index contributed by atoms with van der Waals surface area (Å²) in [5.74, 6) is -4.41. The molecule has 0 aliphatic rings. The molecular formula is C24H34N6O7. The summed E-state index contributed by atoms with van der Waals surface area (Å²) in [6, 6.07) is 4.02. The molecule has 0 bridgehead atoms. The minimum atomic E-state index is -1.24. The number of fused-ring (bicyclic) bond motifs is 1. The van der Waals surface area contributed by atoms with Crippen LogP contribution in [0.3, 0.4) is 0 Å². The number of aliphatic carboxylic acids is 2. The molecule has 3 unspecified atom stereocenters. The molecule has 0 spiro atoms. The third kappa shape index (κ3) is 9.54. The quantitative estimate of drug-likeness (QED) is 0.130. The Morgan fingerprint density at radius 2 is 1.59 bits per heavy atom. The molecule has 3 atom stereocenters. The third-order valence-corrected chi connectivity index (χ3v) is 5.73. The minimum absolute atomic E-state index is 0.0551. The average Bonchev–Trinajstić information content (AvgIpc) is 3.27. The van der Waals surface area contributed by atoms with E-state index in [-0.39, 0.29) is 25.7 Å². The Morgan fingerprint density at radius 3 is 2.27 bits per heavy atom. The fraction of sp³-hybridized carbons (Fsp3) is 0.458. The van der Waals surface area contributed by atoms with Gasteiger partial charge in [-0.05, 0) is 43.9 Å². The molecule has 2 aromatic rings. The molecule has 1 aromatic heterocycles. The Bertz CT molecular complexity index is 1100. The van der Waals surface area contributed by atoms with Crippen LogP contribution in [0.5, 0.6) is 0 Å². The van der Waals surface area contributed by atoms with Crippen LogP contribution < -0.4 is 27.4 Å². The van der Waals surface area contributed by atoms with Crippen LogP contribution in [0.4, 0.5) is 0 Å². The number of H-pyrrole nitrogens is 1. The normalized spacial score (nSPS) is 13.4. The second kappa shape index (κ2) is 14.6. The molecule has 1 heterocycles. The summed E-state index contributed by atoms with van der Waals surface area (Å²) >= 11 is 0. The highest BCUT2D eigenvalue weighted by Gasteiger charge is 2.29. The van der Waals surface area contributed by atoms with Gasteiger partial charge in [-0.1, -0.05) is 18.2 Å². The number of hydrogen-bond donors (Lipinski definition) is 8. The van der Waals surface area contributed by atoms with Gasteiger partial charge in [0.05, 0.1) is 6.04 Å². The van der Waals surface area contributed by atoms with E-state index in [1.54, 1.807) is 6.20 Å². The number of nitrogens with one attached hydrogen (secondary N) is 4. The lowest BCUT2D eigenvalue weighted by molar-refractivity contribution is -0.139. The van der Waals surface area contributed by atoms with Crippen molar-refractivity contribution in [2.75, 3.05) is 13.1 Å². The zero-order chi connectivity index (χ0) is 27.4. The smallest absolute Gasteiger partial charge is 0.322 e. The van der Waals surface area contributed by atoms with Crippen molar-refractivity contribution >= 4 is 40.6 Å². The van der Waals surface area contributed by atoms with Crippen molar-refractivity contribution in [2.24, 2.45) is 11.5 Å². The number of amides is 3. The summed E-state index contributed by atoms with van der Waals surface area (Å²) in [5.41, 5.74) is 12.9. The number of carbonyl (C=O) groups is 5. The second-order valence-corrected chi connectivity index (χ2v) is 8.62. The first kappa shape index (κ1) is 29.3. The van der Waals surface area contributed by atoms with Crippen molar-refractivity contribution < 1.29 is 34.2 Å². The van der Waals surface area contributed by atoms with Gasteiger partial charge in [-0.15, -0.1) is 0 Å². The van der Waals surface area contributed by atoms with Crippen LogP contribution in [0.25, 0.3) is 10.9 Å². The van der Waals surface area contributed by atoms with Gasteiger partial charge in [0.1, 0.15) is 18.6 Å². The fourth-order valence-electron chi connectivity index (χ4n) is 3.74. The number of nitrogens with two attached hydrogens (primary N) is 2. The number of rotatable bonds is 16. The van der Waals surface area contributed by atoms with Gasteiger partial charge < -0.3 is 42.6 Å². The highest BCUT2D eigenvalue weighted by Crippen LogP contribution is 2.19. The molecule has 2 rings (SSSR count). The number of carboxylic acid groups (broad SMARTS) is 2. The monoisotopic (exact) mass is 518 g/mol. The summed E-state index contributed by atoms with van der Waals surface area (Å²) < 4.78 is 0. The van der Waals surface area contributed by atoms with Gasteiger partial charge in [-0.2, -0.15) is 0 Å². The molecule has 1 aromatic carbocycles. The summed E-state index contributed by atoms with van der Waals surface area (Å²) in [5, 5.41) is 26.0. The predicted molar refractivity (Wildman–Crippen MR) is 134 cm³/mol. The van der Waals surface area contributed by atoms with Crippen molar-refractivity contribution in [2.45, 2.75) is 56.7 Å². The van der Waals surface area contributed by atoms with Crippen LogP contribution in [0.1, 0.15) is 37.7 Å². The minimum Gasteiger partial charge on any atom is -0.481 e. The van der Waals surface area contributed by atoms with Gasteiger partial charge in [0.25, 0.3) is 0 Å². The SMILES string of the molecule is NCCCCC(NC(=O)C(Cc1c[nH]c2ccccc12)NC(=O)C(N)CCC(=O)O)C(=O)NCC(=O)O. The molecule has 202 valence electrons. The van der Waals surface area contributed by atoms with Crippen molar-refractivity contribution in [3.8, 4) is 0 Å². The van der Waals surface area contributed by atoms with Crippen LogP contribution in [-0.4, -0.2) is 76.1 Å². The number of carboxylic acids is 2. The van der Waals surface area contributed by atoms with E-state index in [0.29, 0.717) is 19.4 Å². The molecule has 37 heavy (non-hydrogen) atoms. The van der Waals surface area contributed by atoms with Gasteiger partial charge in [0.15, 0.2) is 0 Å². The summed E-state index contributed by atoms with van der Waals surface area (Å²) in [7, 11) is 0. The highest BCUT2D eigenvalue weighted by atomic mass is 16.4. The Labute approximate surface area is 213 Å². The average molecular weight is 519 g/mol. The van der Waals surface area contributed by atoms with E-state index in [4.69, 9.17) is 21.7 Å². The van der Waals surface area contributed by atoms with Crippen molar-refractivity contribution in [1.29, 1.82) is 0 Å². The molecular weight excluding hydrogens is 484 g/mol. The Hall–Kier alpha value is -3.97. The van der Waals surface area contributed by atoms with E-state index < -0.39 is 54.3 Å². The van der Waals surface area contributed by atoms with E-state index in [0.717, 1.165) is 16.5 Å². The van der Waals surface area contributed by atoms with Crippen LogP contribution in [-0.2, 0) is 30.4 Å². The Morgan fingerprint density at radius 1 is 0.892 bits per heavy atom. The first-order chi connectivity index (χ1) is 17.6. The van der Waals surface area contributed by atoms with Crippen LogP contribution in [0.15, 0.2) is 30.5 Å². The van der Waals surface area contributed by atoms with Crippen LogP contribution in [0, 0.1) is 0 Å². The largest absolute Gasteiger partial charge is 0.481 e. The molecule has 10 N–H and O–H groups in total. The zero-order valence-electron chi connectivity index (χ0n) is 20.4. The van der Waals surface area contributed by atoms with Crippen LogP contribution in [0.2, 0.25) is 0 Å². The lowest BCUT2D eigenvalue weighted by Crippen LogP contribution is -2.56. The maximum atomic E-state index is 13.3. The second-order valence-electron chi connectivity index (χ2n) is 8.62. The van der Waals surface area contributed by atoms with Gasteiger partial charge in [0, 0.05) is 29.9 Å². The topological polar surface area (TPSA) is 230 Å². The van der Waals surface area contributed by atoms with E-state index in [2.05, 4.69) is 20.9 Å². The number of unbranched alkanes of at least 4 members (excludes halogenated alkanes) is 1. The standard InChI is InChI=1S/C24H34N6O7/c25-10-4-3-7-18(23(36)28-13-21(33)34)29-24(37)19(30-22(35)16(26)8-9-20(31)32)11-14-12-27-17-6-2-1-5-15(14)17/h1-2,5-6,12,16,18-19,27H,3-4,7-11,13,25-26H2,(H,28,36)(H,29,37)(H,30,35)(H,31,32)(H,33,34). The van der Waals surface area contributed by atoms with E-state index in [9.17, 15) is 24.0 Å². The number of aromatic nitrogens is 1. The summed E-state index contributed by atoms with van der Waals surface area (Å²) in [4.78, 5) is 63.4. The van der Waals surface area contributed by atoms with Gasteiger partial charge >= 0.3 is 11.9 Å². The van der Waals surface area contributed by atoms with Crippen LogP contribution >= 0.6 is 0 Å². The van der Waals surface area contributed by atoms with Gasteiger partial charge in [-0.25, -0.2) is 0 Å². The number of carbonyl (C=O) groups excluding carboxylic acids is 3. The third-order valence-electron chi connectivity index (χ3n) is 5.73. The van der Waals surface area contributed by atoms with E-state index in [1.165, 1.54) is 0 Å². The Kier molecular flexibility index (Phi) is 11.5. The molecule has 0 aliphatic heterocycles. The van der Waals surface area contributed by atoms with Crippen molar-refractivity contribution in [3.05, 3.63) is 36.0 Å². The maximum absolute atomic E-state index is 13.3. The van der Waals surface area contributed by atoms with Gasteiger partial charge in [0.2, 0.25) is 17.7 Å². The van der Waals surface area contributed by atoms with Gasteiger partial charge in [-0.3, -0.25) is 24.0 Å². The zero-order valence-corrected chi connectivity index (χ0v) is 20.4. The molecule has 13 heteroatoms. The lowest BCUT2D eigenvalue weighted by Gasteiger charge is -2.24. The molecule has 13 nitrogen and oxygen atoms in total. The number of aromatic amines is 1. The van der Waals surface area contributed by atoms with Crippen molar-refractivity contribution in [1.82, 2.24) is 20.9 Å². The molecule has 0 saturated heterocycles. The number of hydrogen-bond acceptors (Lipinski definition) is 7. The number of benzene rings is 1. The molecule has 0 radical (unpaired) electrons. The van der Waals surface area contributed by atoms with E-state index in [1.807, 2.05) is 24.3 Å². The summed E-state index contributed by atoms with van der Waals surface area (Å²) in [6.07, 6.45) is 2.62.